The lowest BCUT2D eigenvalue weighted by Crippen LogP contribution is -2.43. The van der Waals surface area contributed by atoms with Gasteiger partial charge in [-0.2, -0.15) is 5.10 Å². The van der Waals surface area contributed by atoms with Crippen molar-refractivity contribution in [2.24, 2.45) is 5.41 Å². The predicted molar refractivity (Wildman–Crippen MR) is 109 cm³/mol. The van der Waals surface area contributed by atoms with E-state index >= 15 is 0 Å². The van der Waals surface area contributed by atoms with Crippen molar-refractivity contribution in [3.05, 3.63) is 60.3 Å². The second-order valence-electron chi connectivity index (χ2n) is 8.16. The Hall–Kier alpha value is -3.29. The predicted octanol–water partition coefficient (Wildman–Crippen LogP) is 2.96. The van der Waals surface area contributed by atoms with E-state index in [1.807, 2.05) is 0 Å². The van der Waals surface area contributed by atoms with Crippen LogP contribution in [0.3, 0.4) is 0 Å². The topological polar surface area (TPSA) is 79.6 Å². The Labute approximate surface area is 172 Å². The molecule has 2 amide bonds. The number of halogens is 1. The maximum atomic E-state index is 13.2. The molecule has 2 fully saturated rings. The Morgan fingerprint density at radius 3 is 2.70 bits per heavy atom. The minimum absolute atomic E-state index is 0.0226. The maximum Gasteiger partial charge on any atom is 0.256 e. The summed E-state index contributed by atoms with van der Waals surface area (Å²) in [6.45, 7) is 0.648. The average Bonchev–Trinajstić information content (AvgIpc) is 3.33. The third kappa shape index (κ3) is 3.12. The number of hydrogen-bond donors (Lipinski definition) is 1. The minimum Gasteiger partial charge on any atom is -0.349 e. The smallest absolute Gasteiger partial charge is 0.256 e. The highest BCUT2D eigenvalue weighted by Crippen LogP contribution is 2.46. The third-order valence-electron chi connectivity index (χ3n) is 6.45. The molecule has 5 rings (SSSR count). The standard InChI is InChI=1S/C22H22FN5O2/c23-15-2-4-17(5-3-15)27-13-10-22(21(27)30)8-6-16(7-9-22)26-20(29)18-14-25-28-12-1-11-24-19(18)28/h1-5,11-12,14,16H,6-10,13H2,(H,26,29). The van der Waals surface area contributed by atoms with Crippen molar-refractivity contribution in [1.29, 1.82) is 0 Å². The number of amides is 2. The summed E-state index contributed by atoms with van der Waals surface area (Å²) in [4.78, 5) is 31.9. The first-order chi connectivity index (χ1) is 14.6. The van der Waals surface area contributed by atoms with Crippen LogP contribution in [-0.4, -0.2) is 39.0 Å². The summed E-state index contributed by atoms with van der Waals surface area (Å²) in [6, 6.07) is 7.86. The van der Waals surface area contributed by atoms with Gasteiger partial charge in [0.05, 0.1) is 11.6 Å². The Morgan fingerprint density at radius 2 is 1.93 bits per heavy atom. The summed E-state index contributed by atoms with van der Waals surface area (Å²) in [7, 11) is 0. The lowest BCUT2D eigenvalue weighted by molar-refractivity contribution is -0.127. The summed E-state index contributed by atoms with van der Waals surface area (Å²) in [5.41, 5.74) is 1.36. The lowest BCUT2D eigenvalue weighted by atomic mass is 9.71. The Morgan fingerprint density at radius 1 is 1.17 bits per heavy atom. The van der Waals surface area contributed by atoms with Gasteiger partial charge in [0.15, 0.2) is 5.65 Å². The molecule has 3 heterocycles. The van der Waals surface area contributed by atoms with Crippen LogP contribution in [0.4, 0.5) is 10.1 Å². The molecule has 1 aliphatic heterocycles. The maximum absolute atomic E-state index is 13.2. The van der Waals surface area contributed by atoms with E-state index in [1.54, 1.807) is 40.0 Å². The number of aromatic nitrogens is 3. The molecule has 1 saturated carbocycles. The molecule has 3 aromatic rings. The Balaban J connectivity index is 1.23. The van der Waals surface area contributed by atoms with Gasteiger partial charge >= 0.3 is 0 Å². The van der Waals surface area contributed by atoms with Crippen LogP contribution in [0.2, 0.25) is 0 Å². The van der Waals surface area contributed by atoms with Gasteiger partial charge in [-0.3, -0.25) is 9.59 Å². The summed E-state index contributed by atoms with van der Waals surface area (Å²) >= 11 is 0. The summed E-state index contributed by atoms with van der Waals surface area (Å²) in [6.07, 6.45) is 8.69. The van der Waals surface area contributed by atoms with Gasteiger partial charge in [0.2, 0.25) is 5.91 Å². The molecule has 1 spiro atoms. The quantitative estimate of drug-likeness (QED) is 0.724. The highest BCUT2D eigenvalue weighted by Gasteiger charge is 2.48. The van der Waals surface area contributed by atoms with E-state index in [4.69, 9.17) is 0 Å². The molecule has 1 saturated heterocycles. The van der Waals surface area contributed by atoms with Gasteiger partial charge in [0, 0.05) is 30.7 Å². The summed E-state index contributed by atoms with van der Waals surface area (Å²) in [5.74, 6) is -0.376. The van der Waals surface area contributed by atoms with Crippen LogP contribution in [0.1, 0.15) is 42.5 Å². The zero-order chi connectivity index (χ0) is 20.7. The van der Waals surface area contributed by atoms with Crippen molar-refractivity contribution in [2.75, 3.05) is 11.4 Å². The molecule has 7 nitrogen and oxygen atoms in total. The van der Waals surface area contributed by atoms with Crippen LogP contribution < -0.4 is 10.2 Å². The molecule has 0 atom stereocenters. The highest BCUT2D eigenvalue weighted by molar-refractivity contribution is 6.00. The largest absolute Gasteiger partial charge is 0.349 e. The lowest BCUT2D eigenvalue weighted by Gasteiger charge is -2.36. The monoisotopic (exact) mass is 407 g/mol. The fourth-order valence-electron chi connectivity index (χ4n) is 4.72. The van der Waals surface area contributed by atoms with Gasteiger partial charge in [-0.05, 0) is 62.4 Å². The van der Waals surface area contributed by atoms with Gasteiger partial charge < -0.3 is 10.2 Å². The molecule has 0 bridgehead atoms. The SMILES string of the molecule is O=C(NC1CCC2(CC1)CCN(c1ccc(F)cc1)C2=O)c1cnn2cccnc12. The highest BCUT2D eigenvalue weighted by atomic mass is 19.1. The van der Waals surface area contributed by atoms with E-state index in [-0.39, 0.29) is 29.1 Å². The first kappa shape index (κ1) is 18.7. The van der Waals surface area contributed by atoms with Gasteiger partial charge in [-0.25, -0.2) is 13.9 Å². The zero-order valence-corrected chi connectivity index (χ0v) is 16.4. The Bertz CT molecular complexity index is 1100. The summed E-state index contributed by atoms with van der Waals surface area (Å²) < 4.78 is 14.8. The molecule has 1 aliphatic carbocycles. The number of nitrogens with zero attached hydrogens (tertiary/aromatic N) is 4. The van der Waals surface area contributed by atoms with E-state index < -0.39 is 0 Å². The molecule has 154 valence electrons. The van der Waals surface area contributed by atoms with Crippen molar-refractivity contribution >= 4 is 23.1 Å². The number of fused-ring (bicyclic) bond motifs is 1. The van der Waals surface area contributed by atoms with Crippen LogP contribution in [-0.2, 0) is 4.79 Å². The van der Waals surface area contributed by atoms with E-state index in [0.717, 1.165) is 37.8 Å². The van der Waals surface area contributed by atoms with Crippen LogP contribution in [0, 0.1) is 11.2 Å². The van der Waals surface area contributed by atoms with Gasteiger partial charge in [0.25, 0.3) is 5.91 Å². The number of nitrogens with one attached hydrogen (secondary N) is 1. The molecule has 0 radical (unpaired) electrons. The third-order valence-corrected chi connectivity index (χ3v) is 6.45. The van der Waals surface area contributed by atoms with E-state index in [1.165, 1.54) is 18.3 Å². The zero-order valence-electron chi connectivity index (χ0n) is 16.4. The first-order valence-electron chi connectivity index (χ1n) is 10.2. The number of rotatable bonds is 3. The van der Waals surface area contributed by atoms with Crippen molar-refractivity contribution in [3.63, 3.8) is 0 Å². The summed E-state index contributed by atoms with van der Waals surface area (Å²) in [5, 5.41) is 7.25. The number of benzene rings is 1. The molecule has 1 aromatic carbocycles. The molecule has 1 N–H and O–H groups in total. The van der Waals surface area contributed by atoms with Gasteiger partial charge in [0.1, 0.15) is 11.4 Å². The van der Waals surface area contributed by atoms with Crippen LogP contribution in [0.5, 0.6) is 0 Å². The second-order valence-corrected chi connectivity index (χ2v) is 8.16. The number of carbonyl (C=O) groups excluding carboxylic acids is 2. The van der Waals surface area contributed by atoms with Crippen LogP contribution in [0.25, 0.3) is 5.65 Å². The molecule has 2 aromatic heterocycles. The normalized spacial score (nSPS) is 24.0. The van der Waals surface area contributed by atoms with Crippen molar-refractivity contribution in [3.8, 4) is 0 Å². The van der Waals surface area contributed by atoms with E-state index in [9.17, 15) is 14.0 Å². The van der Waals surface area contributed by atoms with Gasteiger partial charge in [-0.15, -0.1) is 0 Å². The molecule has 30 heavy (non-hydrogen) atoms. The molecular weight excluding hydrogens is 385 g/mol. The van der Waals surface area contributed by atoms with E-state index in [0.29, 0.717) is 17.8 Å². The van der Waals surface area contributed by atoms with Gasteiger partial charge in [-0.1, -0.05) is 0 Å². The second kappa shape index (κ2) is 7.19. The van der Waals surface area contributed by atoms with Crippen LogP contribution >= 0.6 is 0 Å². The fraction of sp³-hybridized carbons (Fsp3) is 0.364. The number of hydrogen-bond acceptors (Lipinski definition) is 4. The molecule has 8 heteroatoms. The van der Waals surface area contributed by atoms with Crippen LogP contribution in [0.15, 0.2) is 48.9 Å². The minimum atomic E-state index is -0.373. The van der Waals surface area contributed by atoms with Crippen molar-refractivity contribution in [2.45, 2.75) is 38.1 Å². The van der Waals surface area contributed by atoms with E-state index in [2.05, 4.69) is 15.4 Å². The number of carbonyl (C=O) groups is 2. The Kier molecular flexibility index (Phi) is 4.49. The first-order valence-corrected chi connectivity index (χ1v) is 10.2. The molecular formula is C22H22FN5O2. The number of anilines is 1. The average molecular weight is 407 g/mol. The molecule has 0 unspecified atom stereocenters. The fourth-order valence-corrected chi connectivity index (χ4v) is 4.72. The van der Waals surface area contributed by atoms with Crippen molar-refractivity contribution in [1.82, 2.24) is 19.9 Å². The van der Waals surface area contributed by atoms with Crippen molar-refractivity contribution < 1.29 is 14.0 Å². The molecule has 2 aliphatic rings.